The molecule has 0 saturated carbocycles. The molecule has 8 nitrogen and oxygen atoms in total. The Labute approximate surface area is 424 Å². The van der Waals surface area contributed by atoms with Crippen molar-refractivity contribution in [3.8, 4) is 0 Å². The van der Waals surface area contributed by atoms with E-state index in [1.807, 2.05) is 6.07 Å². The molecule has 0 saturated heterocycles. The van der Waals surface area contributed by atoms with E-state index in [-0.39, 0.29) is 79.3 Å². The van der Waals surface area contributed by atoms with Gasteiger partial charge in [0, 0.05) is 42.3 Å². The lowest BCUT2D eigenvalue weighted by Crippen LogP contribution is -2.46. The lowest BCUT2D eigenvalue weighted by Gasteiger charge is -2.28. The summed E-state index contributed by atoms with van der Waals surface area (Å²) >= 11 is 5.39. The molecule has 0 unspecified atom stereocenters. The maximum absolute atomic E-state index is 15.3. The van der Waals surface area contributed by atoms with E-state index in [1.54, 1.807) is 66.7 Å². The molecule has 0 aliphatic heterocycles. The molecule has 6 aromatic carbocycles. The molecule has 0 bridgehead atoms. The fourth-order valence-electron chi connectivity index (χ4n) is 9.85. The van der Waals surface area contributed by atoms with E-state index in [0.717, 1.165) is 47.8 Å². The van der Waals surface area contributed by atoms with Crippen LogP contribution in [0.3, 0.4) is 0 Å². The number of fused-ring (bicyclic) bond motifs is 11. The Morgan fingerprint density at radius 1 is 0.479 bits per heavy atom. The Hall–Kier alpha value is -8.02. The van der Waals surface area contributed by atoms with E-state index < -0.39 is 63.8 Å². The molecular formula is C57H26F4O8S4. The second kappa shape index (κ2) is 16.5. The molecule has 0 amide bonds. The van der Waals surface area contributed by atoms with Gasteiger partial charge < -0.3 is 9.47 Å². The fourth-order valence-corrected chi connectivity index (χ4v) is 15.7. The standard InChI is InChI=1S/C57H26F4O8S4/c58-39-15-27-11-33-34(12-28(27)16-40(39)59)47(63)37(46(33)62)19-31-20-43-45(57(31,55(66)68-23-25-7-3-1-4-8-25)56(67)69-24-26-9-5-2-6-10-26)51-53(71-43)54-52(73-51)50-44(72-54)22-32(70-50)21-38-48(64)35-13-29-17-41(60)42(61)18-30(29)14-36(35)49(38)65/h1-22H,23-24H2. The highest BCUT2D eigenvalue weighted by molar-refractivity contribution is 7.44. The van der Waals surface area contributed by atoms with Crippen molar-refractivity contribution >= 4 is 142 Å². The van der Waals surface area contributed by atoms with Crippen molar-refractivity contribution in [2.75, 3.05) is 0 Å². The van der Waals surface area contributed by atoms with Gasteiger partial charge in [-0.3, -0.25) is 28.8 Å². The maximum Gasteiger partial charge on any atom is 0.333 e. The normalized spacial score (nSPS) is 14.8. The van der Waals surface area contributed by atoms with Gasteiger partial charge in [0.1, 0.15) is 13.2 Å². The molecule has 13 rings (SSSR count). The van der Waals surface area contributed by atoms with Crippen molar-refractivity contribution in [3.05, 3.63) is 210 Å². The summed E-state index contributed by atoms with van der Waals surface area (Å²) in [5.74, 6) is -9.05. The van der Waals surface area contributed by atoms with Crippen molar-refractivity contribution in [2.24, 2.45) is 0 Å². The maximum atomic E-state index is 15.3. The van der Waals surface area contributed by atoms with Gasteiger partial charge in [-0.2, -0.15) is 0 Å². The summed E-state index contributed by atoms with van der Waals surface area (Å²) in [6, 6.07) is 28.8. The number of Topliss-reactive ketones (excluding diaryl/α,β-unsaturated/α-hetero) is 4. The number of thiophene rings is 4. The van der Waals surface area contributed by atoms with Crippen molar-refractivity contribution in [2.45, 2.75) is 18.6 Å². The summed E-state index contributed by atoms with van der Waals surface area (Å²) in [4.78, 5) is 87.7. The van der Waals surface area contributed by atoms with Crippen LogP contribution in [-0.4, -0.2) is 35.1 Å². The van der Waals surface area contributed by atoms with Crippen LogP contribution in [0.1, 0.15) is 67.9 Å². The first-order valence-corrected chi connectivity index (χ1v) is 25.6. The van der Waals surface area contributed by atoms with Crippen LogP contribution < -0.4 is 0 Å². The minimum absolute atomic E-state index is 0.0556. The first-order chi connectivity index (χ1) is 35.3. The minimum Gasteiger partial charge on any atom is -0.459 e. The van der Waals surface area contributed by atoms with Crippen LogP contribution in [0.25, 0.3) is 61.9 Å². The number of carbonyl (C=O) groups is 6. The zero-order valence-corrected chi connectivity index (χ0v) is 40.3. The van der Waals surface area contributed by atoms with Crippen molar-refractivity contribution in [1.29, 1.82) is 0 Å². The smallest absolute Gasteiger partial charge is 0.333 e. The lowest BCUT2D eigenvalue weighted by molar-refractivity contribution is -0.164. The highest BCUT2D eigenvalue weighted by Gasteiger charge is 2.59. The molecule has 0 fully saturated rings. The largest absolute Gasteiger partial charge is 0.459 e. The number of hydrogen-bond acceptors (Lipinski definition) is 12. The predicted molar refractivity (Wildman–Crippen MR) is 274 cm³/mol. The van der Waals surface area contributed by atoms with Crippen LogP contribution in [0.5, 0.6) is 0 Å². The molecule has 0 N–H and O–H groups in total. The number of esters is 2. The van der Waals surface area contributed by atoms with Gasteiger partial charge >= 0.3 is 11.9 Å². The van der Waals surface area contributed by atoms with Gasteiger partial charge in [-0.05, 0) is 111 Å². The summed E-state index contributed by atoms with van der Waals surface area (Å²) in [6.07, 6.45) is 4.32. The molecule has 0 spiro atoms. The van der Waals surface area contributed by atoms with Gasteiger partial charge in [0.2, 0.25) is 5.41 Å². The Morgan fingerprint density at radius 2 is 0.904 bits per heavy atom. The number of carbonyl (C=O) groups excluding carboxylic acids is 6. The van der Waals surface area contributed by atoms with Crippen LogP contribution in [0.15, 0.2) is 138 Å². The number of ketones is 4. The van der Waals surface area contributed by atoms with Crippen molar-refractivity contribution in [1.82, 2.24) is 0 Å². The second-order valence-electron chi connectivity index (χ2n) is 17.6. The van der Waals surface area contributed by atoms with Gasteiger partial charge in [-0.25, -0.2) is 17.6 Å². The number of ether oxygens (including phenoxy) is 2. The zero-order valence-electron chi connectivity index (χ0n) is 37.0. The van der Waals surface area contributed by atoms with Crippen molar-refractivity contribution < 1.29 is 55.8 Å². The number of rotatable bonds is 8. The van der Waals surface area contributed by atoms with E-state index in [0.29, 0.717) is 25.6 Å². The van der Waals surface area contributed by atoms with E-state index in [9.17, 15) is 36.7 Å². The molecule has 4 aromatic heterocycles. The van der Waals surface area contributed by atoms with E-state index in [1.165, 1.54) is 81.8 Å². The molecule has 73 heavy (non-hydrogen) atoms. The minimum atomic E-state index is -2.39. The van der Waals surface area contributed by atoms with E-state index in [4.69, 9.17) is 9.47 Å². The Kier molecular flexibility index (Phi) is 10.2. The number of benzene rings is 6. The molecule has 10 aromatic rings. The summed E-state index contributed by atoms with van der Waals surface area (Å²) in [5.41, 5.74) is -1.39. The quantitative estimate of drug-likeness (QED) is 0.0485. The monoisotopic (exact) mass is 1040 g/mol. The average molecular weight is 1040 g/mol. The summed E-state index contributed by atoms with van der Waals surface area (Å²) < 4.78 is 73.7. The average Bonchev–Trinajstić information content (AvgIpc) is 4.25. The summed E-state index contributed by atoms with van der Waals surface area (Å²) in [5, 5.41) is 0.925. The van der Waals surface area contributed by atoms with Crippen LogP contribution >= 0.6 is 45.3 Å². The SMILES string of the molecule is O=C1C(=CC2=Cc3sc4c(sc5c6sc(C=C7C(=O)c8cc9cc(F)c(F)cc9cc8C7=O)cc6sc45)c3C2(C(=O)OCc2ccccc2)C(=O)OCc2ccccc2)C(=O)c2cc3cc(F)c(F)cc3cc21. The van der Waals surface area contributed by atoms with Gasteiger partial charge in [0.15, 0.2) is 46.4 Å². The van der Waals surface area contributed by atoms with Crippen LogP contribution in [0, 0.1) is 23.3 Å². The molecule has 3 aliphatic carbocycles. The highest BCUT2D eigenvalue weighted by atomic mass is 32.1. The van der Waals surface area contributed by atoms with Crippen LogP contribution in [0.2, 0.25) is 0 Å². The zero-order chi connectivity index (χ0) is 50.2. The molecule has 4 heterocycles. The third kappa shape index (κ3) is 6.81. The first-order valence-electron chi connectivity index (χ1n) is 22.3. The fraction of sp³-hybridized carbons (Fsp3) is 0.0526. The highest BCUT2D eigenvalue weighted by Crippen LogP contribution is 2.58. The Bertz CT molecular complexity index is 4140. The molecule has 354 valence electrons. The Balaban J connectivity index is 0.948. The van der Waals surface area contributed by atoms with Crippen LogP contribution in [-0.2, 0) is 37.7 Å². The van der Waals surface area contributed by atoms with Gasteiger partial charge in [-0.15, -0.1) is 45.3 Å². The van der Waals surface area contributed by atoms with Crippen molar-refractivity contribution in [3.63, 3.8) is 0 Å². The van der Waals surface area contributed by atoms with Gasteiger partial charge in [-0.1, -0.05) is 60.7 Å². The number of allylic oxidation sites excluding steroid dienone is 3. The molecule has 16 heteroatoms. The second-order valence-corrected chi connectivity index (χ2v) is 21.8. The molecule has 0 atom stereocenters. The predicted octanol–water partition coefficient (Wildman–Crippen LogP) is 13.8. The topological polar surface area (TPSA) is 121 Å². The van der Waals surface area contributed by atoms with Gasteiger partial charge in [0.25, 0.3) is 0 Å². The van der Waals surface area contributed by atoms with E-state index in [2.05, 4.69) is 0 Å². The summed E-state index contributed by atoms with van der Waals surface area (Å²) in [7, 11) is 0. The Morgan fingerprint density at radius 3 is 1.37 bits per heavy atom. The first kappa shape index (κ1) is 44.9. The number of hydrogen-bond donors (Lipinski definition) is 0. The molecule has 0 radical (unpaired) electrons. The molecule has 3 aliphatic rings. The van der Waals surface area contributed by atoms with E-state index >= 15 is 9.59 Å². The van der Waals surface area contributed by atoms with Gasteiger partial charge in [0.05, 0.1) is 34.6 Å². The third-order valence-corrected chi connectivity index (χ3v) is 18.6. The lowest BCUT2D eigenvalue weighted by atomic mass is 9.76. The van der Waals surface area contributed by atoms with Crippen LogP contribution in [0.4, 0.5) is 17.6 Å². The number of halogens is 4. The third-order valence-electron chi connectivity index (χ3n) is 13.4. The molecular weight excluding hydrogens is 1020 g/mol. The summed E-state index contributed by atoms with van der Waals surface area (Å²) in [6.45, 7) is -0.500.